The van der Waals surface area contributed by atoms with E-state index in [1.54, 1.807) is 0 Å². The second-order valence-electron chi connectivity index (χ2n) is 3.76. The third-order valence-electron chi connectivity index (χ3n) is 2.42. The van der Waals surface area contributed by atoms with Gasteiger partial charge in [0.2, 0.25) is 0 Å². The molecule has 0 saturated carbocycles. The third kappa shape index (κ3) is 8.85. The molecule has 86 valence electrons. The molecule has 0 amide bonds. The van der Waals surface area contributed by atoms with Crippen molar-refractivity contribution in [3.63, 3.8) is 0 Å². The molecule has 0 fully saturated rings. The molecule has 2 unspecified atom stereocenters. The Hall–Kier alpha value is 0.270. The van der Waals surface area contributed by atoms with Gasteiger partial charge in [0, 0.05) is 19.6 Å². The first-order valence-electron chi connectivity index (χ1n) is 5.64. The fourth-order valence-electron chi connectivity index (χ4n) is 1.34. The number of thiol groups is 1. The van der Waals surface area contributed by atoms with E-state index in [0.29, 0.717) is 18.9 Å². The Morgan fingerprint density at radius 1 is 1.29 bits per heavy atom. The van der Waals surface area contributed by atoms with Crippen LogP contribution in [0, 0.1) is 5.92 Å². The summed E-state index contributed by atoms with van der Waals surface area (Å²) in [6.07, 6.45) is 5.61. The molecule has 2 nitrogen and oxygen atoms in total. The number of hydrogen-bond acceptors (Lipinski definition) is 3. The lowest BCUT2D eigenvalue weighted by Gasteiger charge is -2.14. The molecule has 0 aromatic heterocycles. The lowest BCUT2D eigenvalue weighted by Crippen LogP contribution is -2.11. The Kier molecular flexibility index (Phi) is 10.0. The maximum atomic E-state index is 8.90. The SMILES string of the molecule is CCCCC(CC)COCCC(O)S. The van der Waals surface area contributed by atoms with E-state index in [4.69, 9.17) is 9.84 Å². The van der Waals surface area contributed by atoms with Gasteiger partial charge >= 0.3 is 0 Å². The van der Waals surface area contributed by atoms with Gasteiger partial charge in [-0.3, -0.25) is 0 Å². The molecular weight excluding hydrogens is 196 g/mol. The van der Waals surface area contributed by atoms with Crippen LogP contribution in [-0.4, -0.2) is 23.8 Å². The monoisotopic (exact) mass is 220 g/mol. The van der Waals surface area contributed by atoms with E-state index in [1.807, 2.05) is 0 Å². The maximum absolute atomic E-state index is 8.90. The summed E-state index contributed by atoms with van der Waals surface area (Å²) in [5.74, 6) is 0.687. The Morgan fingerprint density at radius 3 is 2.50 bits per heavy atom. The van der Waals surface area contributed by atoms with Gasteiger partial charge in [0.05, 0.1) is 5.44 Å². The molecule has 0 bridgehead atoms. The average Bonchev–Trinajstić information content (AvgIpc) is 2.16. The van der Waals surface area contributed by atoms with Crippen LogP contribution in [0.1, 0.15) is 46.0 Å². The lowest BCUT2D eigenvalue weighted by molar-refractivity contribution is 0.0777. The van der Waals surface area contributed by atoms with Gasteiger partial charge in [0.25, 0.3) is 0 Å². The Bertz CT molecular complexity index is 118. The molecule has 0 aliphatic rings. The van der Waals surface area contributed by atoms with Crippen molar-refractivity contribution in [2.24, 2.45) is 5.92 Å². The summed E-state index contributed by atoms with van der Waals surface area (Å²) in [5, 5.41) is 8.90. The number of unbranched alkanes of at least 4 members (excludes halogenated alkanes) is 1. The Balaban J connectivity index is 3.33. The molecule has 0 saturated heterocycles. The first-order valence-corrected chi connectivity index (χ1v) is 6.16. The van der Waals surface area contributed by atoms with Crippen molar-refractivity contribution in [3.05, 3.63) is 0 Å². The summed E-state index contributed by atoms with van der Waals surface area (Å²) in [5.41, 5.74) is -0.536. The minimum absolute atomic E-state index is 0.536. The van der Waals surface area contributed by atoms with Crippen molar-refractivity contribution in [1.82, 2.24) is 0 Å². The summed E-state index contributed by atoms with van der Waals surface area (Å²) in [6.45, 7) is 5.87. The molecule has 1 N–H and O–H groups in total. The van der Waals surface area contributed by atoms with Crippen molar-refractivity contribution >= 4 is 12.6 Å². The predicted octanol–water partition coefficient (Wildman–Crippen LogP) is 2.86. The van der Waals surface area contributed by atoms with Gasteiger partial charge in [0.15, 0.2) is 0 Å². The minimum Gasteiger partial charge on any atom is -0.383 e. The maximum Gasteiger partial charge on any atom is 0.0986 e. The smallest absolute Gasteiger partial charge is 0.0986 e. The third-order valence-corrected chi connectivity index (χ3v) is 2.68. The van der Waals surface area contributed by atoms with Crippen LogP contribution in [0.5, 0.6) is 0 Å². The highest BCUT2D eigenvalue weighted by molar-refractivity contribution is 7.80. The zero-order valence-electron chi connectivity index (χ0n) is 9.41. The number of aliphatic hydroxyl groups excluding tert-OH is 1. The van der Waals surface area contributed by atoms with Crippen molar-refractivity contribution in [3.8, 4) is 0 Å². The Labute approximate surface area is 93.5 Å². The minimum atomic E-state index is -0.536. The van der Waals surface area contributed by atoms with Crippen LogP contribution < -0.4 is 0 Å². The van der Waals surface area contributed by atoms with Gasteiger partial charge in [-0.15, -0.1) is 12.6 Å². The van der Waals surface area contributed by atoms with Gasteiger partial charge in [-0.1, -0.05) is 33.1 Å². The first kappa shape index (κ1) is 14.3. The van der Waals surface area contributed by atoms with Gasteiger partial charge in [0.1, 0.15) is 0 Å². The van der Waals surface area contributed by atoms with Crippen LogP contribution in [0.25, 0.3) is 0 Å². The van der Waals surface area contributed by atoms with E-state index in [-0.39, 0.29) is 0 Å². The van der Waals surface area contributed by atoms with E-state index in [1.165, 1.54) is 25.7 Å². The quantitative estimate of drug-likeness (QED) is 0.355. The number of ether oxygens (including phenoxy) is 1. The van der Waals surface area contributed by atoms with E-state index in [0.717, 1.165) is 6.61 Å². The molecule has 2 atom stereocenters. The Morgan fingerprint density at radius 2 is 2.00 bits per heavy atom. The van der Waals surface area contributed by atoms with Crippen molar-refractivity contribution < 1.29 is 9.84 Å². The van der Waals surface area contributed by atoms with Crippen LogP contribution in [0.4, 0.5) is 0 Å². The van der Waals surface area contributed by atoms with E-state index in [2.05, 4.69) is 26.5 Å². The molecule has 3 heteroatoms. The highest BCUT2D eigenvalue weighted by Crippen LogP contribution is 2.13. The van der Waals surface area contributed by atoms with Gasteiger partial charge in [-0.25, -0.2) is 0 Å². The summed E-state index contributed by atoms with van der Waals surface area (Å²) in [6, 6.07) is 0. The first-order chi connectivity index (χ1) is 6.70. The topological polar surface area (TPSA) is 29.5 Å². The standard InChI is InChI=1S/C11H24O2S/c1-3-5-6-10(4-2)9-13-8-7-11(12)14/h10-12,14H,3-9H2,1-2H3. The van der Waals surface area contributed by atoms with Crippen molar-refractivity contribution in [2.75, 3.05) is 13.2 Å². The van der Waals surface area contributed by atoms with E-state index < -0.39 is 5.44 Å². The fraction of sp³-hybridized carbons (Fsp3) is 1.00. The molecule has 0 aromatic carbocycles. The molecule has 0 aliphatic carbocycles. The molecule has 0 rings (SSSR count). The number of rotatable bonds is 9. The molecule has 0 aromatic rings. The summed E-state index contributed by atoms with van der Waals surface area (Å²) in [7, 11) is 0. The van der Waals surface area contributed by atoms with Crippen LogP contribution in [0.15, 0.2) is 0 Å². The molecule has 14 heavy (non-hydrogen) atoms. The largest absolute Gasteiger partial charge is 0.383 e. The zero-order chi connectivity index (χ0) is 10.8. The van der Waals surface area contributed by atoms with Gasteiger partial charge < -0.3 is 9.84 Å². The van der Waals surface area contributed by atoms with Crippen LogP contribution in [-0.2, 0) is 4.74 Å². The fourth-order valence-corrected chi connectivity index (χ4v) is 1.44. The predicted molar refractivity (Wildman–Crippen MR) is 63.7 cm³/mol. The normalized spacial score (nSPS) is 15.4. The van der Waals surface area contributed by atoms with E-state index in [9.17, 15) is 0 Å². The van der Waals surface area contributed by atoms with E-state index >= 15 is 0 Å². The summed E-state index contributed by atoms with van der Waals surface area (Å²) >= 11 is 3.88. The highest BCUT2D eigenvalue weighted by Gasteiger charge is 2.05. The summed E-state index contributed by atoms with van der Waals surface area (Å²) in [4.78, 5) is 0. The van der Waals surface area contributed by atoms with Gasteiger partial charge in [-0.2, -0.15) is 0 Å². The molecular formula is C11H24O2S. The molecule has 0 aliphatic heterocycles. The second kappa shape index (κ2) is 9.81. The number of hydrogen-bond donors (Lipinski definition) is 2. The van der Waals surface area contributed by atoms with Crippen molar-refractivity contribution in [1.29, 1.82) is 0 Å². The highest BCUT2D eigenvalue weighted by atomic mass is 32.1. The van der Waals surface area contributed by atoms with Gasteiger partial charge in [-0.05, 0) is 12.3 Å². The molecule has 0 radical (unpaired) electrons. The van der Waals surface area contributed by atoms with Crippen LogP contribution in [0.2, 0.25) is 0 Å². The van der Waals surface area contributed by atoms with Crippen LogP contribution in [0.3, 0.4) is 0 Å². The molecule has 0 spiro atoms. The average molecular weight is 220 g/mol. The number of aliphatic hydroxyl groups is 1. The zero-order valence-corrected chi connectivity index (χ0v) is 10.3. The summed E-state index contributed by atoms with van der Waals surface area (Å²) < 4.78 is 5.49. The molecule has 0 heterocycles. The second-order valence-corrected chi connectivity index (χ2v) is 4.36. The lowest BCUT2D eigenvalue weighted by atomic mass is 10.0. The van der Waals surface area contributed by atoms with Crippen LogP contribution >= 0.6 is 12.6 Å². The van der Waals surface area contributed by atoms with Crippen molar-refractivity contribution in [2.45, 2.75) is 51.4 Å².